The van der Waals surface area contributed by atoms with Gasteiger partial charge < -0.3 is 4.74 Å². The standard InChI is InChI=1S/C6H12O2S/c1-6(4-9)2-3-8-5-7/h5-6,9H,2-4H2,1H3. The molecule has 2 nitrogen and oxygen atoms in total. The van der Waals surface area contributed by atoms with Crippen molar-refractivity contribution in [2.24, 2.45) is 5.92 Å². The molecule has 0 N–H and O–H groups in total. The van der Waals surface area contributed by atoms with E-state index in [4.69, 9.17) is 0 Å². The molecule has 0 spiro atoms. The predicted octanol–water partition coefficient (Wildman–Crippen LogP) is 1.12. The van der Waals surface area contributed by atoms with E-state index in [0.717, 1.165) is 12.2 Å². The van der Waals surface area contributed by atoms with Gasteiger partial charge in [-0.05, 0) is 18.1 Å². The summed E-state index contributed by atoms with van der Waals surface area (Å²) in [6.07, 6.45) is 0.905. The first kappa shape index (κ1) is 8.82. The number of thiol groups is 1. The van der Waals surface area contributed by atoms with Gasteiger partial charge in [-0.3, -0.25) is 4.79 Å². The van der Waals surface area contributed by atoms with Gasteiger partial charge in [0.25, 0.3) is 6.47 Å². The molecule has 1 unspecified atom stereocenters. The topological polar surface area (TPSA) is 26.3 Å². The zero-order chi connectivity index (χ0) is 7.11. The van der Waals surface area contributed by atoms with Crippen LogP contribution in [0.2, 0.25) is 0 Å². The maximum absolute atomic E-state index is 9.63. The molecule has 0 aromatic rings. The minimum Gasteiger partial charge on any atom is -0.468 e. The summed E-state index contributed by atoms with van der Waals surface area (Å²) in [5, 5.41) is 0. The van der Waals surface area contributed by atoms with Crippen LogP contribution in [0, 0.1) is 5.92 Å². The van der Waals surface area contributed by atoms with Crippen LogP contribution in [0.4, 0.5) is 0 Å². The molecule has 0 radical (unpaired) electrons. The minimum atomic E-state index is 0.477. The monoisotopic (exact) mass is 148 g/mol. The number of hydrogen-bond donors (Lipinski definition) is 1. The van der Waals surface area contributed by atoms with Crippen molar-refractivity contribution < 1.29 is 9.53 Å². The molecule has 0 aromatic heterocycles. The summed E-state index contributed by atoms with van der Waals surface area (Å²) in [7, 11) is 0. The molecule has 0 aliphatic heterocycles. The number of ether oxygens (including phenoxy) is 1. The van der Waals surface area contributed by atoms with Crippen LogP contribution in [-0.2, 0) is 9.53 Å². The molecule has 1 atom stereocenters. The predicted molar refractivity (Wildman–Crippen MR) is 39.7 cm³/mol. The number of hydrogen-bond acceptors (Lipinski definition) is 3. The first-order valence-corrected chi connectivity index (χ1v) is 3.60. The largest absolute Gasteiger partial charge is 0.468 e. The lowest BCUT2D eigenvalue weighted by Gasteiger charge is -2.04. The lowest BCUT2D eigenvalue weighted by atomic mass is 10.1. The minimum absolute atomic E-state index is 0.477. The molecule has 0 bridgehead atoms. The second kappa shape index (κ2) is 5.95. The molecule has 0 saturated carbocycles. The molecule has 0 rings (SSSR count). The summed E-state index contributed by atoms with van der Waals surface area (Å²) in [6.45, 7) is 3.07. The SMILES string of the molecule is CC(CS)CCOC=O. The molecule has 0 aliphatic rings. The van der Waals surface area contributed by atoms with E-state index in [-0.39, 0.29) is 0 Å². The van der Waals surface area contributed by atoms with Gasteiger partial charge in [0, 0.05) is 0 Å². The Morgan fingerprint density at radius 3 is 2.89 bits per heavy atom. The first-order valence-electron chi connectivity index (χ1n) is 2.97. The van der Waals surface area contributed by atoms with E-state index in [2.05, 4.69) is 24.3 Å². The average Bonchev–Trinajstić information content (AvgIpc) is 1.89. The zero-order valence-electron chi connectivity index (χ0n) is 5.54. The third kappa shape index (κ3) is 5.69. The molecular weight excluding hydrogens is 136 g/mol. The Balaban J connectivity index is 2.96. The van der Waals surface area contributed by atoms with Crippen LogP contribution in [0.25, 0.3) is 0 Å². The lowest BCUT2D eigenvalue weighted by molar-refractivity contribution is -0.128. The Morgan fingerprint density at radius 2 is 2.44 bits per heavy atom. The van der Waals surface area contributed by atoms with Crippen molar-refractivity contribution in [3.8, 4) is 0 Å². The maximum Gasteiger partial charge on any atom is 0.293 e. The van der Waals surface area contributed by atoms with Crippen molar-refractivity contribution in [3.05, 3.63) is 0 Å². The van der Waals surface area contributed by atoms with E-state index in [1.807, 2.05) is 0 Å². The van der Waals surface area contributed by atoms with E-state index >= 15 is 0 Å². The van der Waals surface area contributed by atoms with Gasteiger partial charge in [0.1, 0.15) is 0 Å². The van der Waals surface area contributed by atoms with Crippen molar-refractivity contribution >= 4 is 19.1 Å². The molecule has 0 aliphatic carbocycles. The van der Waals surface area contributed by atoms with Crippen molar-refractivity contribution in [2.45, 2.75) is 13.3 Å². The Kier molecular flexibility index (Phi) is 5.83. The molecule has 0 heterocycles. The molecule has 54 valence electrons. The van der Waals surface area contributed by atoms with Crippen molar-refractivity contribution in [1.82, 2.24) is 0 Å². The maximum atomic E-state index is 9.63. The summed E-state index contributed by atoms with van der Waals surface area (Å²) in [5.41, 5.74) is 0. The highest BCUT2D eigenvalue weighted by Gasteiger charge is 1.96. The van der Waals surface area contributed by atoms with E-state index in [1.165, 1.54) is 0 Å². The van der Waals surface area contributed by atoms with E-state index in [9.17, 15) is 4.79 Å². The zero-order valence-corrected chi connectivity index (χ0v) is 6.43. The van der Waals surface area contributed by atoms with E-state index in [1.54, 1.807) is 0 Å². The van der Waals surface area contributed by atoms with Crippen molar-refractivity contribution in [2.75, 3.05) is 12.4 Å². The second-order valence-electron chi connectivity index (χ2n) is 2.04. The van der Waals surface area contributed by atoms with Crippen LogP contribution < -0.4 is 0 Å². The fraction of sp³-hybridized carbons (Fsp3) is 0.833. The second-order valence-corrected chi connectivity index (χ2v) is 2.41. The summed E-state index contributed by atoms with van der Waals surface area (Å²) in [5.74, 6) is 1.38. The van der Waals surface area contributed by atoms with Gasteiger partial charge in [0.15, 0.2) is 0 Å². The van der Waals surface area contributed by atoms with Crippen LogP contribution in [-0.4, -0.2) is 18.8 Å². The Morgan fingerprint density at radius 1 is 1.78 bits per heavy atom. The average molecular weight is 148 g/mol. The Bertz CT molecular complexity index is 75.5. The summed E-state index contributed by atoms with van der Waals surface area (Å²) in [6, 6.07) is 0. The highest BCUT2D eigenvalue weighted by molar-refractivity contribution is 7.80. The summed E-state index contributed by atoms with van der Waals surface area (Å²) >= 11 is 4.07. The quantitative estimate of drug-likeness (QED) is 0.359. The van der Waals surface area contributed by atoms with Crippen LogP contribution in [0.5, 0.6) is 0 Å². The van der Waals surface area contributed by atoms with Gasteiger partial charge in [0.05, 0.1) is 6.61 Å². The van der Waals surface area contributed by atoms with E-state index in [0.29, 0.717) is 19.0 Å². The molecule has 0 aromatic carbocycles. The molecule has 0 saturated heterocycles. The summed E-state index contributed by atoms with van der Waals surface area (Å²) < 4.78 is 4.49. The van der Waals surface area contributed by atoms with Crippen LogP contribution in [0.15, 0.2) is 0 Å². The molecule has 9 heavy (non-hydrogen) atoms. The van der Waals surface area contributed by atoms with Crippen LogP contribution in [0.1, 0.15) is 13.3 Å². The first-order chi connectivity index (χ1) is 4.31. The van der Waals surface area contributed by atoms with E-state index < -0.39 is 0 Å². The number of carbonyl (C=O) groups is 1. The van der Waals surface area contributed by atoms with Gasteiger partial charge in [-0.15, -0.1) is 0 Å². The number of rotatable bonds is 5. The third-order valence-corrected chi connectivity index (χ3v) is 1.73. The molecular formula is C6H12O2S. The smallest absolute Gasteiger partial charge is 0.293 e. The fourth-order valence-corrected chi connectivity index (χ4v) is 0.591. The van der Waals surface area contributed by atoms with Gasteiger partial charge in [-0.2, -0.15) is 12.6 Å². The van der Waals surface area contributed by atoms with Crippen LogP contribution in [0.3, 0.4) is 0 Å². The third-order valence-electron chi connectivity index (χ3n) is 1.11. The highest BCUT2D eigenvalue weighted by Crippen LogP contribution is 2.02. The lowest BCUT2D eigenvalue weighted by Crippen LogP contribution is -2.01. The molecule has 3 heteroatoms. The summed E-state index contributed by atoms with van der Waals surface area (Å²) in [4.78, 5) is 9.63. The fourth-order valence-electron chi connectivity index (χ4n) is 0.409. The molecule has 0 amide bonds. The number of carbonyl (C=O) groups excluding carboxylic acids is 1. The van der Waals surface area contributed by atoms with Crippen molar-refractivity contribution in [3.63, 3.8) is 0 Å². The highest BCUT2D eigenvalue weighted by atomic mass is 32.1. The van der Waals surface area contributed by atoms with Gasteiger partial charge in [-0.1, -0.05) is 6.92 Å². The van der Waals surface area contributed by atoms with Crippen LogP contribution >= 0.6 is 12.6 Å². The normalized spacial score (nSPS) is 12.7. The van der Waals surface area contributed by atoms with Gasteiger partial charge >= 0.3 is 0 Å². The Labute approximate surface area is 61.0 Å². The van der Waals surface area contributed by atoms with Gasteiger partial charge in [0.2, 0.25) is 0 Å². The Hall–Kier alpha value is -0.180. The molecule has 0 fully saturated rings. The van der Waals surface area contributed by atoms with Gasteiger partial charge in [-0.25, -0.2) is 0 Å². The van der Waals surface area contributed by atoms with Crippen molar-refractivity contribution in [1.29, 1.82) is 0 Å².